The predicted molar refractivity (Wildman–Crippen MR) is 88.8 cm³/mol. The molecule has 1 aliphatic rings. The number of aliphatic hydroxyl groups is 1. The Morgan fingerprint density at radius 2 is 2.00 bits per heavy atom. The number of methoxy groups -OCH3 is 2. The molecule has 4 nitrogen and oxygen atoms in total. The maximum absolute atomic E-state index is 10.0. The van der Waals surface area contributed by atoms with E-state index < -0.39 is 0 Å². The standard InChI is InChI=1S/C18H27NO3/c1-4-5-6-16(20)13-19-8-7-14(12-19)15-9-17(21-2)11-18(10-15)22-3/h4,9-11,14,16,20H,1,5-8,12-13H2,2-3H3. The molecule has 0 bridgehead atoms. The summed E-state index contributed by atoms with van der Waals surface area (Å²) < 4.78 is 10.7. The van der Waals surface area contributed by atoms with Gasteiger partial charge in [0, 0.05) is 19.2 Å². The van der Waals surface area contributed by atoms with Crippen LogP contribution in [0.4, 0.5) is 0 Å². The van der Waals surface area contributed by atoms with E-state index in [0.717, 1.165) is 50.4 Å². The molecule has 1 saturated heterocycles. The van der Waals surface area contributed by atoms with Crippen LogP contribution in [-0.4, -0.2) is 50.0 Å². The van der Waals surface area contributed by atoms with Crippen LogP contribution in [0.15, 0.2) is 30.9 Å². The van der Waals surface area contributed by atoms with Gasteiger partial charge in [0.1, 0.15) is 11.5 Å². The summed E-state index contributed by atoms with van der Waals surface area (Å²) in [7, 11) is 3.35. The second-order valence-electron chi connectivity index (χ2n) is 5.91. The smallest absolute Gasteiger partial charge is 0.122 e. The first-order valence-electron chi connectivity index (χ1n) is 7.90. The number of β-amino-alcohol motifs (C(OH)–C–C–N with tert-alkyl or cyclic N) is 1. The van der Waals surface area contributed by atoms with E-state index in [-0.39, 0.29) is 6.10 Å². The van der Waals surface area contributed by atoms with Crippen molar-refractivity contribution in [3.63, 3.8) is 0 Å². The zero-order valence-electron chi connectivity index (χ0n) is 13.6. The Balaban J connectivity index is 1.96. The molecule has 1 aliphatic heterocycles. The van der Waals surface area contributed by atoms with Gasteiger partial charge in [0.05, 0.1) is 20.3 Å². The SMILES string of the molecule is C=CCCC(O)CN1CCC(c2cc(OC)cc(OC)c2)C1. The maximum Gasteiger partial charge on any atom is 0.122 e. The van der Waals surface area contributed by atoms with Gasteiger partial charge in [0.15, 0.2) is 0 Å². The highest BCUT2D eigenvalue weighted by molar-refractivity contribution is 5.40. The Hall–Kier alpha value is -1.52. The summed E-state index contributed by atoms with van der Waals surface area (Å²) in [5.41, 5.74) is 1.25. The molecule has 2 rings (SSSR count). The molecule has 4 heteroatoms. The molecule has 0 aliphatic carbocycles. The van der Waals surface area contributed by atoms with E-state index in [1.54, 1.807) is 14.2 Å². The number of aliphatic hydroxyl groups excluding tert-OH is 1. The van der Waals surface area contributed by atoms with Gasteiger partial charge in [-0.25, -0.2) is 0 Å². The van der Waals surface area contributed by atoms with E-state index in [4.69, 9.17) is 9.47 Å². The molecule has 0 aromatic heterocycles. The van der Waals surface area contributed by atoms with Gasteiger partial charge >= 0.3 is 0 Å². The van der Waals surface area contributed by atoms with Gasteiger partial charge in [0.2, 0.25) is 0 Å². The van der Waals surface area contributed by atoms with E-state index in [0.29, 0.717) is 5.92 Å². The number of ether oxygens (including phenoxy) is 2. The molecule has 1 N–H and O–H groups in total. The largest absolute Gasteiger partial charge is 0.497 e. The minimum Gasteiger partial charge on any atom is -0.497 e. The molecule has 0 saturated carbocycles. The lowest BCUT2D eigenvalue weighted by Gasteiger charge is -2.20. The summed E-state index contributed by atoms with van der Waals surface area (Å²) >= 11 is 0. The number of hydrogen-bond acceptors (Lipinski definition) is 4. The lowest BCUT2D eigenvalue weighted by molar-refractivity contribution is 0.117. The number of hydrogen-bond donors (Lipinski definition) is 1. The molecule has 0 spiro atoms. The first-order chi connectivity index (χ1) is 10.7. The molecule has 2 atom stereocenters. The van der Waals surface area contributed by atoms with Crippen molar-refractivity contribution < 1.29 is 14.6 Å². The van der Waals surface area contributed by atoms with E-state index in [1.807, 2.05) is 12.1 Å². The molecule has 22 heavy (non-hydrogen) atoms. The predicted octanol–water partition coefficient (Wildman–Crippen LogP) is 2.82. The molecule has 1 aromatic rings. The van der Waals surface area contributed by atoms with Crippen LogP contribution in [0.3, 0.4) is 0 Å². The Morgan fingerprint density at radius 3 is 2.59 bits per heavy atom. The van der Waals surface area contributed by atoms with Crippen molar-refractivity contribution >= 4 is 0 Å². The Morgan fingerprint density at radius 1 is 1.32 bits per heavy atom. The molecule has 0 radical (unpaired) electrons. The number of likely N-dealkylation sites (tertiary alicyclic amines) is 1. The fraction of sp³-hybridized carbons (Fsp3) is 0.556. The summed E-state index contributed by atoms with van der Waals surface area (Å²) in [6, 6.07) is 6.07. The minimum absolute atomic E-state index is 0.267. The summed E-state index contributed by atoms with van der Waals surface area (Å²) in [6.07, 6.45) is 4.35. The van der Waals surface area contributed by atoms with Crippen LogP contribution in [-0.2, 0) is 0 Å². The molecule has 2 unspecified atom stereocenters. The number of allylic oxidation sites excluding steroid dienone is 1. The highest BCUT2D eigenvalue weighted by Gasteiger charge is 2.26. The lowest BCUT2D eigenvalue weighted by Crippen LogP contribution is -2.30. The van der Waals surface area contributed by atoms with E-state index in [2.05, 4.69) is 23.6 Å². The van der Waals surface area contributed by atoms with Crippen LogP contribution in [0.1, 0.15) is 30.7 Å². The zero-order chi connectivity index (χ0) is 15.9. The van der Waals surface area contributed by atoms with E-state index in [9.17, 15) is 5.11 Å². The number of nitrogens with zero attached hydrogens (tertiary/aromatic N) is 1. The van der Waals surface area contributed by atoms with Crippen molar-refractivity contribution in [1.29, 1.82) is 0 Å². The van der Waals surface area contributed by atoms with E-state index >= 15 is 0 Å². The summed E-state index contributed by atoms with van der Waals surface area (Å²) in [5.74, 6) is 2.13. The molecule has 122 valence electrons. The highest BCUT2D eigenvalue weighted by atomic mass is 16.5. The zero-order valence-corrected chi connectivity index (χ0v) is 13.6. The first kappa shape index (κ1) is 16.8. The van der Waals surface area contributed by atoms with E-state index in [1.165, 1.54) is 5.56 Å². The van der Waals surface area contributed by atoms with Gasteiger partial charge in [-0.15, -0.1) is 6.58 Å². The van der Waals surface area contributed by atoms with Crippen molar-refractivity contribution in [2.45, 2.75) is 31.3 Å². The van der Waals surface area contributed by atoms with Crippen molar-refractivity contribution in [3.05, 3.63) is 36.4 Å². The highest BCUT2D eigenvalue weighted by Crippen LogP contribution is 2.32. The van der Waals surface area contributed by atoms with Crippen LogP contribution in [0, 0.1) is 0 Å². The Kier molecular flexibility index (Phi) is 6.28. The van der Waals surface area contributed by atoms with Gasteiger partial charge in [-0.05, 0) is 49.4 Å². The van der Waals surface area contributed by atoms with Crippen molar-refractivity contribution in [2.24, 2.45) is 0 Å². The van der Waals surface area contributed by atoms with Crippen molar-refractivity contribution in [2.75, 3.05) is 33.9 Å². The Labute approximate surface area is 133 Å². The molecule has 0 amide bonds. The monoisotopic (exact) mass is 305 g/mol. The van der Waals surface area contributed by atoms with Crippen molar-refractivity contribution in [3.8, 4) is 11.5 Å². The topological polar surface area (TPSA) is 41.9 Å². The maximum atomic E-state index is 10.0. The van der Waals surface area contributed by atoms with Gasteiger partial charge in [-0.2, -0.15) is 0 Å². The molecular formula is C18H27NO3. The summed E-state index contributed by atoms with van der Waals surface area (Å²) in [5, 5.41) is 10.0. The van der Waals surface area contributed by atoms with Gasteiger partial charge in [-0.3, -0.25) is 0 Å². The van der Waals surface area contributed by atoms with Gasteiger partial charge in [0.25, 0.3) is 0 Å². The third-order valence-electron chi connectivity index (χ3n) is 4.29. The lowest BCUT2D eigenvalue weighted by atomic mass is 9.98. The number of benzene rings is 1. The fourth-order valence-corrected chi connectivity index (χ4v) is 3.04. The molecular weight excluding hydrogens is 278 g/mol. The third-order valence-corrected chi connectivity index (χ3v) is 4.29. The number of rotatable bonds is 8. The van der Waals surface area contributed by atoms with Crippen LogP contribution < -0.4 is 9.47 Å². The van der Waals surface area contributed by atoms with Crippen LogP contribution in [0.2, 0.25) is 0 Å². The van der Waals surface area contributed by atoms with Crippen LogP contribution >= 0.6 is 0 Å². The van der Waals surface area contributed by atoms with Crippen LogP contribution in [0.25, 0.3) is 0 Å². The average molecular weight is 305 g/mol. The third kappa shape index (κ3) is 4.49. The minimum atomic E-state index is -0.267. The summed E-state index contributed by atoms with van der Waals surface area (Å²) in [4.78, 5) is 2.34. The first-order valence-corrected chi connectivity index (χ1v) is 7.90. The molecule has 1 fully saturated rings. The second kappa shape index (κ2) is 8.20. The molecule has 1 aromatic carbocycles. The van der Waals surface area contributed by atoms with Crippen LogP contribution in [0.5, 0.6) is 11.5 Å². The van der Waals surface area contributed by atoms with Gasteiger partial charge in [-0.1, -0.05) is 6.08 Å². The summed E-state index contributed by atoms with van der Waals surface area (Å²) in [6.45, 7) is 6.44. The second-order valence-corrected chi connectivity index (χ2v) is 5.91. The average Bonchev–Trinajstić information content (AvgIpc) is 3.00. The van der Waals surface area contributed by atoms with Crippen molar-refractivity contribution in [1.82, 2.24) is 4.90 Å². The Bertz CT molecular complexity index is 467. The molecule has 1 heterocycles. The normalized spacial score (nSPS) is 19.9. The van der Waals surface area contributed by atoms with Gasteiger partial charge < -0.3 is 19.5 Å². The quantitative estimate of drug-likeness (QED) is 0.750. The fourth-order valence-electron chi connectivity index (χ4n) is 3.04.